The third kappa shape index (κ3) is 5.78. The lowest BCUT2D eigenvalue weighted by molar-refractivity contribution is -0.121. The van der Waals surface area contributed by atoms with E-state index in [2.05, 4.69) is 40.3 Å². The number of aromatic nitrogens is 1. The summed E-state index contributed by atoms with van der Waals surface area (Å²) in [4.78, 5) is 19.4. The average molecular weight is 476 g/mol. The molecule has 0 bridgehead atoms. The van der Waals surface area contributed by atoms with Crippen LogP contribution in [0.1, 0.15) is 47.9 Å². The Morgan fingerprint density at radius 3 is 2.94 bits per heavy atom. The highest BCUT2D eigenvalue weighted by molar-refractivity contribution is 7.18. The van der Waals surface area contributed by atoms with Gasteiger partial charge in [-0.1, -0.05) is 35.3 Å². The van der Waals surface area contributed by atoms with Crippen molar-refractivity contribution in [3.05, 3.63) is 62.6 Å². The van der Waals surface area contributed by atoms with Gasteiger partial charge in [-0.05, 0) is 68.1 Å². The summed E-state index contributed by atoms with van der Waals surface area (Å²) in [6.07, 6.45) is 4.42. The van der Waals surface area contributed by atoms with E-state index in [9.17, 15) is 4.79 Å². The largest absolute Gasteiger partial charge is 0.356 e. The molecule has 0 spiro atoms. The standard InChI is InChI=1S/C24H27Cl2N3OS/c1-16-5-8-20-22(14-16)31-24(28-20)10-9-23(30)27-11-3-13-29-12-2-4-21(29)17-6-7-18(25)19(26)15-17/h5-8,14-15,21H,2-4,9-13H2,1H3,(H,27,30). The zero-order valence-electron chi connectivity index (χ0n) is 17.7. The van der Waals surface area contributed by atoms with Gasteiger partial charge in [0.2, 0.25) is 5.91 Å². The number of hydrogen-bond donors (Lipinski definition) is 1. The summed E-state index contributed by atoms with van der Waals surface area (Å²) in [7, 11) is 0. The quantitative estimate of drug-likeness (QED) is 0.395. The summed E-state index contributed by atoms with van der Waals surface area (Å²) in [5.74, 6) is 0.0953. The molecule has 1 unspecified atom stereocenters. The van der Waals surface area contributed by atoms with E-state index in [0.29, 0.717) is 35.5 Å². The van der Waals surface area contributed by atoms with Gasteiger partial charge in [-0.2, -0.15) is 0 Å². The molecule has 1 aliphatic rings. The molecular formula is C24H27Cl2N3OS. The van der Waals surface area contributed by atoms with Crippen molar-refractivity contribution in [3.63, 3.8) is 0 Å². The average Bonchev–Trinajstić information content (AvgIpc) is 3.38. The number of likely N-dealkylation sites (tertiary alicyclic amines) is 1. The van der Waals surface area contributed by atoms with Crippen molar-refractivity contribution in [1.29, 1.82) is 0 Å². The van der Waals surface area contributed by atoms with Crippen LogP contribution in [0.4, 0.5) is 0 Å². The van der Waals surface area contributed by atoms with Gasteiger partial charge in [0, 0.05) is 32.0 Å². The number of fused-ring (bicyclic) bond motifs is 1. The van der Waals surface area contributed by atoms with Crippen molar-refractivity contribution in [3.8, 4) is 0 Å². The fourth-order valence-corrected chi connectivity index (χ4v) is 5.57. The number of nitrogens with one attached hydrogen (secondary N) is 1. The van der Waals surface area contributed by atoms with E-state index in [1.54, 1.807) is 11.3 Å². The zero-order chi connectivity index (χ0) is 21.8. The summed E-state index contributed by atoms with van der Waals surface area (Å²) in [5.41, 5.74) is 3.48. The first-order valence-electron chi connectivity index (χ1n) is 10.8. The van der Waals surface area contributed by atoms with Crippen molar-refractivity contribution in [2.75, 3.05) is 19.6 Å². The maximum Gasteiger partial charge on any atom is 0.220 e. The first-order chi connectivity index (χ1) is 15.0. The molecule has 2 heterocycles. The van der Waals surface area contributed by atoms with Gasteiger partial charge >= 0.3 is 0 Å². The topological polar surface area (TPSA) is 45.2 Å². The molecule has 2 aromatic carbocycles. The second-order valence-corrected chi connectivity index (χ2v) is 10.1. The Bertz CT molecular complexity index is 1070. The number of thiazole rings is 1. The number of carbonyl (C=O) groups is 1. The van der Waals surface area contributed by atoms with E-state index in [1.165, 1.54) is 22.2 Å². The van der Waals surface area contributed by atoms with Crippen molar-refractivity contribution < 1.29 is 4.79 Å². The van der Waals surface area contributed by atoms with E-state index in [-0.39, 0.29) is 5.91 Å². The normalized spacial score (nSPS) is 16.8. The van der Waals surface area contributed by atoms with Crippen LogP contribution in [0.25, 0.3) is 10.2 Å². The van der Waals surface area contributed by atoms with Crippen LogP contribution in [0, 0.1) is 6.92 Å². The number of carbonyl (C=O) groups excluding carboxylic acids is 1. The summed E-state index contributed by atoms with van der Waals surface area (Å²) >= 11 is 13.9. The zero-order valence-corrected chi connectivity index (χ0v) is 20.0. The van der Waals surface area contributed by atoms with Crippen molar-refractivity contribution in [2.45, 2.75) is 45.1 Å². The Balaban J connectivity index is 1.20. The van der Waals surface area contributed by atoms with Gasteiger partial charge in [-0.25, -0.2) is 4.98 Å². The number of hydrogen-bond acceptors (Lipinski definition) is 4. The molecule has 0 aliphatic carbocycles. The van der Waals surface area contributed by atoms with Gasteiger partial charge in [0.25, 0.3) is 0 Å². The molecule has 3 aromatic rings. The summed E-state index contributed by atoms with van der Waals surface area (Å²) in [5, 5.41) is 5.30. The van der Waals surface area contributed by atoms with Crippen LogP contribution in [0.5, 0.6) is 0 Å². The Kier molecular flexibility index (Phi) is 7.49. The molecule has 31 heavy (non-hydrogen) atoms. The number of aryl methyl sites for hydroxylation is 2. The second-order valence-electron chi connectivity index (χ2n) is 8.15. The minimum atomic E-state index is 0.0953. The van der Waals surface area contributed by atoms with Crippen molar-refractivity contribution in [2.24, 2.45) is 0 Å². The fraction of sp³-hybridized carbons (Fsp3) is 0.417. The van der Waals surface area contributed by atoms with Gasteiger partial charge in [-0.15, -0.1) is 11.3 Å². The Labute approximate surface area is 197 Å². The molecule has 1 N–H and O–H groups in total. The van der Waals surface area contributed by atoms with Gasteiger partial charge in [0.15, 0.2) is 0 Å². The maximum absolute atomic E-state index is 12.3. The summed E-state index contributed by atoms with van der Waals surface area (Å²) < 4.78 is 1.19. The van der Waals surface area contributed by atoms with Gasteiger partial charge in [-0.3, -0.25) is 9.69 Å². The van der Waals surface area contributed by atoms with Crippen LogP contribution < -0.4 is 5.32 Å². The van der Waals surface area contributed by atoms with Gasteiger partial charge in [0.05, 0.1) is 25.3 Å². The lowest BCUT2D eigenvalue weighted by Crippen LogP contribution is -2.30. The number of halogens is 2. The molecule has 7 heteroatoms. The summed E-state index contributed by atoms with van der Waals surface area (Å²) in [6.45, 7) is 4.82. The molecule has 1 amide bonds. The molecular weight excluding hydrogens is 449 g/mol. The highest BCUT2D eigenvalue weighted by atomic mass is 35.5. The van der Waals surface area contributed by atoms with E-state index < -0.39 is 0 Å². The maximum atomic E-state index is 12.3. The van der Waals surface area contributed by atoms with Crippen LogP contribution in [0.2, 0.25) is 10.0 Å². The van der Waals surface area contributed by atoms with Gasteiger partial charge < -0.3 is 5.32 Å². The van der Waals surface area contributed by atoms with Crippen LogP contribution in [0.3, 0.4) is 0 Å². The molecule has 4 rings (SSSR count). The Morgan fingerprint density at radius 1 is 1.23 bits per heavy atom. The van der Waals surface area contributed by atoms with E-state index in [1.807, 2.05) is 18.2 Å². The number of nitrogens with zero attached hydrogens (tertiary/aromatic N) is 2. The third-order valence-corrected chi connectivity index (χ3v) is 7.61. The van der Waals surface area contributed by atoms with Crippen LogP contribution in [0.15, 0.2) is 36.4 Å². The SMILES string of the molecule is Cc1ccc2nc(CCC(=O)NCCCN3CCCC3c3ccc(Cl)c(Cl)c3)sc2c1. The number of benzene rings is 2. The minimum absolute atomic E-state index is 0.0953. The lowest BCUT2D eigenvalue weighted by atomic mass is 10.0. The highest BCUT2D eigenvalue weighted by Crippen LogP contribution is 2.34. The van der Waals surface area contributed by atoms with E-state index in [4.69, 9.17) is 23.2 Å². The molecule has 1 aliphatic heterocycles. The number of amides is 1. The van der Waals surface area contributed by atoms with Crippen molar-refractivity contribution in [1.82, 2.24) is 15.2 Å². The van der Waals surface area contributed by atoms with Crippen LogP contribution in [-0.2, 0) is 11.2 Å². The molecule has 0 radical (unpaired) electrons. The first-order valence-corrected chi connectivity index (χ1v) is 12.4. The minimum Gasteiger partial charge on any atom is -0.356 e. The third-order valence-electron chi connectivity index (χ3n) is 5.79. The summed E-state index contributed by atoms with van der Waals surface area (Å²) in [6, 6.07) is 12.6. The fourth-order valence-electron chi connectivity index (χ4n) is 4.20. The first kappa shape index (κ1) is 22.5. The van der Waals surface area contributed by atoms with E-state index >= 15 is 0 Å². The predicted octanol–water partition coefficient (Wildman–Crippen LogP) is 6.19. The Hall–Kier alpha value is -1.66. The predicted molar refractivity (Wildman–Crippen MR) is 130 cm³/mol. The van der Waals surface area contributed by atoms with Gasteiger partial charge in [0.1, 0.15) is 0 Å². The number of rotatable bonds is 8. The second kappa shape index (κ2) is 10.3. The molecule has 4 nitrogen and oxygen atoms in total. The molecule has 164 valence electrons. The molecule has 0 saturated carbocycles. The monoisotopic (exact) mass is 475 g/mol. The molecule has 1 fully saturated rings. The highest BCUT2D eigenvalue weighted by Gasteiger charge is 2.25. The van der Waals surface area contributed by atoms with Crippen LogP contribution in [-0.4, -0.2) is 35.4 Å². The van der Waals surface area contributed by atoms with Crippen LogP contribution >= 0.6 is 34.5 Å². The molecule has 1 saturated heterocycles. The molecule has 1 aromatic heterocycles. The lowest BCUT2D eigenvalue weighted by Gasteiger charge is -2.25. The smallest absolute Gasteiger partial charge is 0.220 e. The Morgan fingerprint density at radius 2 is 2.10 bits per heavy atom. The molecule has 1 atom stereocenters. The van der Waals surface area contributed by atoms with E-state index in [0.717, 1.165) is 36.5 Å². The van der Waals surface area contributed by atoms with Crippen molar-refractivity contribution >= 4 is 50.7 Å².